The lowest BCUT2D eigenvalue weighted by Gasteiger charge is -1.98. The van der Waals surface area contributed by atoms with Crippen molar-refractivity contribution in [2.24, 2.45) is 14.1 Å². The van der Waals surface area contributed by atoms with Crippen LogP contribution in [0.1, 0.15) is 18.7 Å². The molecule has 0 radical (unpaired) electrons. The van der Waals surface area contributed by atoms with E-state index in [1.165, 1.54) is 0 Å². The molecule has 0 bridgehead atoms. The van der Waals surface area contributed by atoms with Crippen molar-refractivity contribution in [1.82, 2.24) is 9.78 Å². The number of nitrogens with zero attached hydrogens (tertiary/aromatic N) is 4. The van der Waals surface area contributed by atoms with Crippen LogP contribution in [0.4, 0.5) is 5.95 Å². The lowest BCUT2D eigenvalue weighted by atomic mass is 10.2. The van der Waals surface area contributed by atoms with Gasteiger partial charge >= 0.3 is 5.95 Å². The first-order valence-corrected chi connectivity index (χ1v) is 3.66. The van der Waals surface area contributed by atoms with Gasteiger partial charge < -0.3 is 5.73 Å². The van der Waals surface area contributed by atoms with Crippen LogP contribution in [0.5, 0.6) is 0 Å². The summed E-state index contributed by atoms with van der Waals surface area (Å²) in [6.07, 6.45) is 0. The van der Waals surface area contributed by atoms with E-state index in [-0.39, 0.29) is 5.92 Å². The maximum absolute atomic E-state index is 8.70. The number of nitrogen functional groups attached to an aromatic ring is 1. The second-order valence-corrected chi connectivity index (χ2v) is 2.75. The minimum atomic E-state index is -0.190. The highest BCUT2D eigenvalue weighted by Crippen LogP contribution is 2.08. The highest BCUT2D eigenvalue weighted by Gasteiger charge is 2.21. The van der Waals surface area contributed by atoms with Crippen molar-refractivity contribution in [2.45, 2.75) is 12.8 Å². The van der Waals surface area contributed by atoms with Crippen LogP contribution in [0.3, 0.4) is 0 Å². The van der Waals surface area contributed by atoms with Gasteiger partial charge in [0.05, 0.1) is 20.2 Å². The molecule has 0 spiro atoms. The Hall–Kier alpha value is -1.57. The third kappa shape index (κ3) is 1.11. The summed E-state index contributed by atoms with van der Waals surface area (Å²) in [5.74, 6) is 1.05. The van der Waals surface area contributed by atoms with E-state index in [9.17, 15) is 0 Å². The molecule has 0 aliphatic carbocycles. The molecule has 1 rings (SSSR count). The summed E-state index contributed by atoms with van der Waals surface area (Å²) in [5, 5.41) is 12.7. The van der Waals surface area contributed by atoms with Gasteiger partial charge in [0.1, 0.15) is 5.92 Å². The molecule has 64 valence electrons. The normalized spacial score (nSPS) is 12.5. The number of aryl methyl sites for hydroxylation is 1. The van der Waals surface area contributed by atoms with Crippen molar-refractivity contribution in [3.05, 3.63) is 5.82 Å². The van der Waals surface area contributed by atoms with Crippen molar-refractivity contribution < 1.29 is 4.57 Å². The molecule has 0 aromatic carbocycles. The molecule has 1 heterocycles. The molecule has 0 fully saturated rings. The molecule has 1 atom stereocenters. The van der Waals surface area contributed by atoms with Crippen molar-refractivity contribution in [2.75, 3.05) is 5.73 Å². The van der Waals surface area contributed by atoms with Gasteiger partial charge in [-0.3, -0.25) is 0 Å². The Balaban J connectivity index is 3.24. The largest absolute Gasteiger partial charge is 0.375 e. The van der Waals surface area contributed by atoms with Crippen molar-refractivity contribution in [3.63, 3.8) is 0 Å². The third-order valence-corrected chi connectivity index (χ3v) is 1.85. The van der Waals surface area contributed by atoms with E-state index in [1.54, 1.807) is 23.3 Å². The van der Waals surface area contributed by atoms with Gasteiger partial charge in [0, 0.05) is 5.10 Å². The molecule has 1 aromatic rings. The third-order valence-electron chi connectivity index (χ3n) is 1.85. The summed E-state index contributed by atoms with van der Waals surface area (Å²) in [5.41, 5.74) is 5.56. The Labute approximate surface area is 71.0 Å². The number of anilines is 1. The molecule has 1 aromatic heterocycles. The number of nitrogens with two attached hydrogens (primary N) is 1. The van der Waals surface area contributed by atoms with Gasteiger partial charge in [0.15, 0.2) is 0 Å². The SMILES string of the molecule is CC(C#N)c1n(C)nc(N)[n+]1C. The zero-order valence-electron chi connectivity index (χ0n) is 7.44. The average molecular weight is 166 g/mol. The monoisotopic (exact) mass is 166 g/mol. The fourth-order valence-corrected chi connectivity index (χ4v) is 1.23. The molecule has 2 N–H and O–H groups in total. The van der Waals surface area contributed by atoms with E-state index in [2.05, 4.69) is 11.2 Å². The predicted molar refractivity (Wildman–Crippen MR) is 42.8 cm³/mol. The highest BCUT2D eigenvalue weighted by atomic mass is 15.4. The van der Waals surface area contributed by atoms with Crippen molar-refractivity contribution in [1.29, 1.82) is 5.26 Å². The van der Waals surface area contributed by atoms with Crippen LogP contribution in [0.2, 0.25) is 0 Å². The van der Waals surface area contributed by atoms with E-state index in [4.69, 9.17) is 11.0 Å². The van der Waals surface area contributed by atoms with Gasteiger partial charge in [-0.2, -0.15) is 5.26 Å². The van der Waals surface area contributed by atoms with E-state index in [1.807, 2.05) is 6.92 Å². The molecular formula is C7H12N5+. The fraction of sp³-hybridized carbons (Fsp3) is 0.571. The maximum Gasteiger partial charge on any atom is 0.375 e. The Morgan fingerprint density at radius 2 is 2.33 bits per heavy atom. The maximum atomic E-state index is 8.70. The first-order chi connectivity index (χ1) is 5.57. The molecule has 0 aliphatic rings. The van der Waals surface area contributed by atoms with E-state index in [0.29, 0.717) is 5.95 Å². The van der Waals surface area contributed by atoms with Crippen LogP contribution in [0.15, 0.2) is 0 Å². The van der Waals surface area contributed by atoms with Gasteiger partial charge in [-0.1, -0.05) is 0 Å². The Morgan fingerprint density at radius 1 is 1.75 bits per heavy atom. The van der Waals surface area contributed by atoms with Crippen LogP contribution < -0.4 is 10.3 Å². The number of hydrogen-bond acceptors (Lipinski definition) is 3. The summed E-state index contributed by atoms with van der Waals surface area (Å²) in [4.78, 5) is 0. The van der Waals surface area contributed by atoms with Gasteiger partial charge in [-0.15, -0.1) is 4.68 Å². The summed E-state index contributed by atoms with van der Waals surface area (Å²) in [7, 11) is 3.57. The van der Waals surface area contributed by atoms with Gasteiger partial charge in [-0.05, 0) is 6.92 Å². The average Bonchev–Trinajstić information content (AvgIpc) is 2.26. The molecule has 1 unspecified atom stereocenters. The second-order valence-electron chi connectivity index (χ2n) is 2.75. The van der Waals surface area contributed by atoms with Crippen molar-refractivity contribution in [3.8, 4) is 6.07 Å². The Kier molecular flexibility index (Phi) is 2.00. The summed E-state index contributed by atoms with van der Waals surface area (Å²) in [6, 6.07) is 2.14. The first kappa shape index (κ1) is 8.53. The topological polar surface area (TPSA) is 71.5 Å². The molecule has 12 heavy (non-hydrogen) atoms. The predicted octanol–water partition coefficient (Wildman–Crippen LogP) is -0.546. The van der Waals surface area contributed by atoms with Crippen molar-refractivity contribution >= 4 is 5.95 Å². The van der Waals surface area contributed by atoms with Crippen LogP contribution in [0, 0.1) is 11.3 Å². The number of hydrogen-bond donors (Lipinski definition) is 1. The smallest absolute Gasteiger partial charge is 0.305 e. The Morgan fingerprint density at radius 3 is 2.67 bits per heavy atom. The minimum Gasteiger partial charge on any atom is -0.305 e. The zero-order chi connectivity index (χ0) is 9.30. The van der Waals surface area contributed by atoms with Crippen LogP contribution in [0.25, 0.3) is 0 Å². The first-order valence-electron chi connectivity index (χ1n) is 3.66. The van der Waals surface area contributed by atoms with Crippen LogP contribution in [-0.4, -0.2) is 9.78 Å². The molecular weight excluding hydrogens is 154 g/mol. The Bertz CT molecular complexity index is 332. The standard InChI is InChI=1S/C7H12N5/c1-5(4-8)6-11(2)7(9)10-12(6)3/h5H,1-3H3,(H2,9,10)/q+1. The van der Waals surface area contributed by atoms with Gasteiger partial charge in [0.2, 0.25) is 5.82 Å². The number of nitriles is 1. The number of rotatable bonds is 1. The van der Waals surface area contributed by atoms with Gasteiger partial charge in [0.25, 0.3) is 0 Å². The lowest BCUT2D eigenvalue weighted by molar-refractivity contribution is -0.666. The zero-order valence-corrected chi connectivity index (χ0v) is 7.44. The lowest BCUT2D eigenvalue weighted by Crippen LogP contribution is -2.36. The molecule has 0 saturated carbocycles. The summed E-state index contributed by atoms with van der Waals surface area (Å²) >= 11 is 0. The summed E-state index contributed by atoms with van der Waals surface area (Å²) < 4.78 is 3.34. The second kappa shape index (κ2) is 2.81. The molecule has 0 amide bonds. The van der Waals surface area contributed by atoms with E-state index >= 15 is 0 Å². The summed E-state index contributed by atoms with van der Waals surface area (Å²) in [6.45, 7) is 1.82. The minimum absolute atomic E-state index is 0.190. The fourth-order valence-electron chi connectivity index (χ4n) is 1.23. The van der Waals surface area contributed by atoms with Gasteiger partial charge in [-0.25, -0.2) is 4.57 Å². The highest BCUT2D eigenvalue weighted by molar-refractivity contribution is 5.08. The number of aromatic nitrogens is 3. The van der Waals surface area contributed by atoms with E-state index in [0.717, 1.165) is 5.82 Å². The van der Waals surface area contributed by atoms with E-state index < -0.39 is 0 Å². The van der Waals surface area contributed by atoms with Crippen LogP contribution >= 0.6 is 0 Å². The molecule has 0 saturated heterocycles. The molecule has 5 nitrogen and oxygen atoms in total. The molecule has 5 heteroatoms. The molecule has 0 aliphatic heterocycles. The quantitative estimate of drug-likeness (QED) is 0.569. The van der Waals surface area contributed by atoms with Crippen LogP contribution in [-0.2, 0) is 14.1 Å².